The van der Waals surface area contributed by atoms with E-state index in [1.165, 1.54) is 43.8 Å². The molecule has 0 unspecified atom stereocenters. The van der Waals surface area contributed by atoms with E-state index in [-0.39, 0.29) is 0 Å². The minimum atomic E-state index is 0.926. The summed E-state index contributed by atoms with van der Waals surface area (Å²) in [6.07, 6.45) is 3.78. The summed E-state index contributed by atoms with van der Waals surface area (Å²) in [4.78, 5) is 9.62. The molecule has 0 aliphatic carbocycles. The fourth-order valence-electron chi connectivity index (χ4n) is 7.11. The van der Waals surface area contributed by atoms with Crippen molar-refractivity contribution in [3.05, 3.63) is 176 Å². The quantitative estimate of drug-likeness (QED) is 0.184. The van der Waals surface area contributed by atoms with Crippen molar-refractivity contribution in [2.75, 3.05) is 0 Å². The first-order valence-electron chi connectivity index (χ1n) is 15.9. The number of fused-ring (bicyclic) bond motifs is 3. The second-order valence-corrected chi connectivity index (χ2v) is 11.8. The first kappa shape index (κ1) is 27.0. The van der Waals surface area contributed by atoms with Gasteiger partial charge in [-0.25, -0.2) is 4.98 Å². The Labute approximate surface area is 273 Å². The molecule has 0 saturated carbocycles. The number of para-hydroxylation sites is 3. The first-order valence-corrected chi connectivity index (χ1v) is 15.9. The molecule has 9 aromatic rings. The molecule has 3 nitrogen and oxygen atoms in total. The molecule has 7 aromatic carbocycles. The minimum Gasteiger partial charge on any atom is -0.292 e. The van der Waals surface area contributed by atoms with Gasteiger partial charge in [-0.05, 0) is 68.1 Å². The third-order valence-electron chi connectivity index (χ3n) is 9.11. The Balaban J connectivity index is 1.39. The molecule has 0 atom stereocenters. The molecule has 0 spiro atoms. The SMILES string of the molecule is c1ccc(-c2nc3ccccc3n2-c2ccccc2-c2c3ccccc3c(-c3ccccc3-c3cccnc3)c3ccccc23)cc1. The summed E-state index contributed by atoms with van der Waals surface area (Å²) in [6, 6.07) is 58.2. The third kappa shape index (κ3) is 4.44. The molecule has 47 heavy (non-hydrogen) atoms. The van der Waals surface area contributed by atoms with E-state index >= 15 is 0 Å². The highest BCUT2D eigenvalue weighted by atomic mass is 15.1. The lowest BCUT2D eigenvalue weighted by Gasteiger charge is -2.21. The van der Waals surface area contributed by atoms with E-state index in [4.69, 9.17) is 4.98 Å². The summed E-state index contributed by atoms with van der Waals surface area (Å²) in [5, 5.41) is 4.85. The van der Waals surface area contributed by atoms with Crippen molar-refractivity contribution in [1.29, 1.82) is 0 Å². The van der Waals surface area contributed by atoms with Crippen molar-refractivity contribution < 1.29 is 0 Å². The van der Waals surface area contributed by atoms with Crippen molar-refractivity contribution in [2.45, 2.75) is 0 Å². The number of rotatable bonds is 5. The zero-order chi connectivity index (χ0) is 31.2. The van der Waals surface area contributed by atoms with Crippen LogP contribution in [0.15, 0.2) is 176 Å². The number of nitrogens with zero attached hydrogens (tertiary/aromatic N) is 3. The Hall–Kier alpha value is -6.32. The van der Waals surface area contributed by atoms with E-state index < -0.39 is 0 Å². The summed E-state index contributed by atoms with van der Waals surface area (Å²) >= 11 is 0. The predicted octanol–water partition coefficient (Wildman–Crippen LogP) is 11.4. The monoisotopic (exact) mass is 599 g/mol. The molecular formula is C44H29N3. The minimum absolute atomic E-state index is 0.926. The van der Waals surface area contributed by atoms with Crippen LogP contribution in [0.1, 0.15) is 0 Å². The Kier molecular flexibility index (Phi) is 6.46. The van der Waals surface area contributed by atoms with Crippen LogP contribution in [0.4, 0.5) is 0 Å². The maximum Gasteiger partial charge on any atom is 0.145 e. The van der Waals surface area contributed by atoms with Gasteiger partial charge in [-0.3, -0.25) is 9.55 Å². The molecule has 9 rings (SSSR count). The van der Waals surface area contributed by atoms with Crippen LogP contribution >= 0.6 is 0 Å². The maximum atomic E-state index is 5.17. The predicted molar refractivity (Wildman–Crippen MR) is 196 cm³/mol. The summed E-state index contributed by atoms with van der Waals surface area (Å²) in [7, 11) is 0. The first-order chi connectivity index (χ1) is 23.4. The molecule has 220 valence electrons. The molecule has 3 heteroatoms. The Morgan fingerprint density at radius 3 is 1.62 bits per heavy atom. The fourth-order valence-corrected chi connectivity index (χ4v) is 7.11. The molecule has 0 radical (unpaired) electrons. The number of hydrogen-bond acceptors (Lipinski definition) is 2. The second-order valence-electron chi connectivity index (χ2n) is 11.8. The van der Waals surface area contributed by atoms with Crippen LogP contribution in [0, 0.1) is 0 Å². The van der Waals surface area contributed by atoms with Gasteiger partial charge >= 0.3 is 0 Å². The molecule has 0 fully saturated rings. The smallest absolute Gasteiger partial charge is 0.145 e. The molecule has 2 aromatic heterocycles. The molecular weight excluding hydrogens is 571 g/mol. The highest BCUT2D eigenvalue weighted by molar-refractivity contribution is 6.23. The largest absolute Gasteiger partial charge is 0.292 e. The van der Waals surface area contributed by atoms with Crippen molar-refractivity contribution in [1.82, 2.24) is 14.5 Å². The van der Waals surface area contributed by atoms with Gasteiger partial charge < -0.3 is 0 Å². The average molecular weight is 600 g/mol. The maximum absolute atomic E-state index is 5.17. The van der Waals surface area contributed by atoms with Crippen molar-refractivity contribution in [3.63, 3.8) is 0 Å². The van der Waals surface area contributed by atoms with Crippen molar-refractivity contribution >= 4 is 32.6 Å². The van der Waals surface area contributed by atoms with E-state index in [0.29, 0.717) is 0 Å². The van der Waals surface area contributed by atoms with E-state index in [1.54, 1.807) is 0 Å². The summed E-state index contributed by atoms with van der Waals surface area (Å²) in [5.74, 6) is 0.926. The average Bonchev–Trinajstić information content (AvgIpc) is 3.54. The van der Waals surface area contributed by atoms with E-state index in [2.05, 4.69) is 167 Å². The van der Waals surface area contributed by atoms with Gasteiger partial charge in [0.2, 0.25) is 0 Å². The van der Waals surface area contributed by atoms with E-state index in [0.717, 1.165) is 39.2 Å². The normalized spacial score (nSPS) is 11.4. The molecule has 0 saturated heterocycles. The van der Waals surface area contributed by atoms with Gasteiger partial charge in [0, 0.05) is 29.1 Å². The van der Waals surface area contributed by atoms with Crippen LogP contribution in [0.5, 0.6) is 0 Å². The molecule has 0 amide bonds. The highest BCUT2D eigenvalue weighted by Crippen LogP contribution is 2.47. The third-order valence-corrected chi connectivity index (χ3v) is 9.11. The van der Waals surface area contributed by atoms with E-state index in [9.17, 15) is 0 Å². The number of imidazole rings is 1. The highest BCUT2D eigenvalue weighted by Gasteiger charge is 2.22. The van der Waals surface area contributed by atoms with Crippen LogP contribution in [0.3, 0.4) is 0 Å². The van der Waals surface area contributed by atoms with Crippen molar-refractivity contribution in [2.24, 2.45) is 0 Å². The van der Waals surface area contributed by atoms with E-state index in [1.807, 2.05) is 18.5 Å². The van der Waals surface area contributed by atoms with Gasteiger partial charge in [-0.1, -0.05) is 140 Å². The molecule has 2 heterocycles. The molecule has 0 N–H and O–H groups in total. The van der Waals surface area contributed by atoms with Crippen LogP contribution in [0.2, 0.25) is 0 Å². The van der Waals surface area contributed by atoms with Crippen LogP contribution in [-0.4, -0.2) is 14.5 Å². The fraction of sp³-hybridized carbons (Fsp3) is 0. The van der Waals surface area contributed by atoms with Crippen LogP contribution in [0.25, 0.3) is 83.0 Å². The number of pyridine rings is 1. The lowest BCUT2D eigenvalue weighted by Crippen LogP contribution is -2.01. The zero-order valence-electron chi connectivity index (χ0n) is 25.6. The molecule has 0 bridgehead atoms. The molecule has 0 aliphatic heterocycles. The number of benzene rings is 7. The van der Waals surface area contributed by atoms with Gasteiger partial charge in [0.05, 0.1) is 16.7 Å². The number of hydrogen-bond donors (Lipinski definition) is 0. The Morgan fingerprint density at radius 1 is 0.404 bits per heavy atom. The lowest BCUT2D eigenvalue weighted by molar-refractivity contribution is 1.10. The number of aromatic nitrogens is 3. The summed E-state index contributed by atoms with van der Waals surface area (Å²) in [6.45, 7) is 0. The van der Waals surface area contributed by atoms with Gasteiger partial charge in [0.25, 0.3) is 0 Å². The van der Waals surface area contributed by atoms with Gasteiger partial charge in [0.15, 0.2) is 0 Å². The Bertz CT molecular complexity index is 2510. The lowest BCUT2D eigenvalue weighted by atomic mass is 9.83. The molecule has 0 aliphatic rings. The van der Waals surface area contributed by atoms with Crippen molar-refractivity contribution in [3.8, 4) is 50.5 Å². The van der Waals surface area contributed by atoms with Gasteiger partial charge in [-0.2, -0.15) is 0 Å². The van der Waals surface area contributed by atoms with Crippen LogP contribution in [-0.2, 0) is 0 Å². The standard InChI is InChI=1S/C44H29N3/c1-2-15-30(16-3-1)44-46-39-25-11-13-27-41(39)47(44)40-26-12-10-24-38(40)43-36-22-8-6-20-34(36)42(35-21-7-9-23-37(35)43)33-19-5-4-18-32(33)31-17-14-28-45-29-31/h1-29H. The topological polar surface area (TPSA) is 30.7 Å². The van der Waals surface area contributed by atoms with Gasteiger partial charge in [-0.15, -0.1) is 0 Å². The Morgan fingerprint density at radius 2 is 0.936 bits per heavy atom. The summed E-state index contributed by atoms with van der Waals surface area (Å²) < 4.78 is 2.33. The second kappa shape index (κ2) is 11.2. The van der Waals surface area contributed by atoms with Gasteiger partial charge in [0.1, 0.15) is 5.82 Å². The zero-order valence-corrected chi connectivity index (χ0v) is 25.6. The summed E-state index contributed by atoms with van der Waals surface area (Å²) in [5.41, 5.74) is 11.3. The van der Waals surface area contributed by atoms with Crippen LogP contribution < -0.4 is 0 Å².